The minimum absolute atomic E-state index is 0.0973. The molecule has 2 saturated carbocycles. The second-order valence-electron chi connectivity index (χ2n) is 11.2. The van der Waals surface area contributed by atoms with E-state index in [4.69, 9.17) is 19.4 Å². The lowest BCUT2D eigenvalue weighted by molar-refractivity contribution is -0.156. The van der Waals surface area contributed by atoms with E-state index in [0.717, 1.165) is 11.2 Å². The Kier molecular flexibility index (Phi) is 4.56. The van der Waals surface area contributed by atoms with Crippen LogP contribution in [0.4, 0.5) is 0 Å². The summed E-state index contributed by atoms with van der Waals surface area (Å²) in [5.74, 6) is 0.727. The zero-order valence-corrected chi connectivity index (χ0v) is 20.7. The zero-order valence-electron chi connectivity index (χ0n) is 19.7. The van der Waals surface area contributed by atoms with Gasteiger partial charge in [0.15, 0.2) is 11.4 Å². The molecule has 0 spiro atoms. The fourth-order valence-corrected chi connectivity index (χ4v) is 13.8. The van der Waals surface area contributed by atoms with Crippen molar-refractivity contribution in [2.24, 2.45) is 11.8 Å². The van der Waals surface area contributed by atoms with Crippen LogP contribution in [-0.2, 0) is 9.47 Å². The van der Waals surface area contributed by atoms with Crippen molar-refractivity contribution in [2.45, 2.75) is 102 Å². The quantitative estimate of drug-likeness (QED) is 0.628. The van der Waals surface area contributed by atoms with Gasteiger partial charge in [-0.3, -0.25) is 0 Å². The normalized spacial score (nSPS) is 32.4. The molecule has 3 aliphatic rings. The highest BCUT2D eigenvalue weighted by atomic mass is 28.3. The largest absolute Gasteiger partial charge is 0.344 e. The molecule has 0 N–H and O–H groups in total. The summed E-state index contributed by atoms with van der Waals surface area (Å²) < 4.78 is 15.5. The number of fused-ring (bicyclic) bond motifs is 4. The molecule has 3 heterocycles. The molecule has 30 heavy (non-hydrogen) atoms. The van der Waals surface area contributed by atoms with Crippen LogP contribution >= 0.6 is 0 Å². The predicted molar refractivity (Wildman–Crippen MR) is 123 cm³/mol. The van der Waals surface area contributed by atoms with Crippen molar-refractivity contribution >= 4 is 24.7 Å². The van der Waals surface area contributed by atoms with E-state index in [0.29, 0.717) is 28.5 Å². The van der Waals surface area contributed by atoms with E-state index in [9.17, 15) is 0 Å². The highest BCUT2D eigenvalue weighted by Crippen LogP contribution is 2.63. The average molecular weight is 428 g/mol. The molecule has 5 rings (SSSR count). The van der Waals surface area contributed by atoms with E-state index in [1.54, 1.807) is 0 Å². The van der Waals surface area contributed by atoms with Crippen LogP contribution in [0.2, 0.25) is 16.6 Å². The van der Waals surface area contributed by atoms with Crippen LogP contribution in [-0.4, -0.2) is 40.6 Å². The first kappa shape index (κ1) is 20.6. The summed E-state index contributed by atoms with van der Waals surface area (Å²) in [6, 6.07) is 4.43. The Hall–Kier alpha value is -1.24. The second kappa shape index (κ2) is 6.63. The third-order valence-corrected chi connectivity index (χ3v) is 15.1. The molecular formula is C24H37N3O2Si. The van der Waals surface area contributed by atoms with E-state index in [1.165, 1.54) is 11.9 Å². The van der Waals surface area contributed by atoms with Crippen LogP contribution in [0.25, 0.3) is 11.2 Å². The molecule has 1 aliphatic heterocycles. The second-order valence-corrected chi connectivity index (χ2v) is 16.9. The summed E-state index contributed by atoms with van der Waals surface area (Å²) in [5, 5.41) is 0. The Morgan fingerprint density at radius 3 is 2.27 bits per heavy atom. The number of rotatable bonds is 5. The number of hydrogen-bond acceptors (Lipinski definition) is 4. The molecule has 6 heteroatoms. The van der Waals surface area contributed by atoms with Crippen LogP contribution < -0.4 is 5.45 Å². The molecule has 2 aromatic rings. The number of aromatic nitrogens is 3. The Labute approximate surface area is 181 Å². The van der Waals surface area contributed by atoms with Crippen molar-refractivity contribution in [1.29, 1.82) is 0 Å². The Morgan fingerprint density at radius 2 is 1.63 bits per heavy atom. The summed E-state index contributed by atoms with van der Waals surface area (Å²) in [6.45, 7) is 18.6. The smallest absolute Gasteiger partial charge is 0.163 e. The summed E-state index contributed by atoms with van der Waals surface area (Å²) >= 11 is 0. The van der Waals surface area contributed by atoms with Crippen LogP contribution in [0, 0.1) is 11.8 Å². The van der Waals surface area contributed by atoms with Gasteiger partial charge in [0.05, 0.1) is 17.6 Å². The molecule has 5 atom stereocenters. The van der Waals surface area contributed by atoms with Crippen LogP contribution in [0.3, 0.4) is 0 Å². The van der Waals surface area contributed by atoms with Crippen molar-refractivity contribution in [3.8, 4) is 0 Å². The topological polar surface area (TPSA) is 49.2 Å². The van der Waals surface area contributed by atoms with Gasteiger partial charge in [-0.25, -0.2) is 9.97 Å². The first-order chi connectivity index (χ1) is 14.1. The van der Waals surface area contributed by atoms with Gasteiger partial charge < -0.3 is 14.0 Å². The highest BCUT2D eigenvalue weighted by Gasteiger charge is 2.67. The van der Waals surface area contributed by atoms with Gasteiger partial charge in [0.25, 0.3) is 0 Å². The first-order valence-corrected chi connectivity index (χ1v) is 14.0. The van der Waals surface area contributed by atoms with Crippen molar-refractivity contribution in [2.75, 3.05) is 0 Å². The number of ether oxygens (including phenoxy) is 2. The van der Waals surface area contributed by atoms with Gasteiger partial charge in [0, 0.05) is 6.20 Å². The van der Waals surface area contributed by atoms with E-state index in [1.807, 2.05) is 12.3 Å². The molecule has 0 unspecified atom stereocenters. The lowest BCUT2D eigenvalue weighted by atomic mass is 10.1. The number of nitrogens with zero attached hydrogens (tertiary/aromatic N) is 3. The van der Waals surface area contributed by atoms with E-state index in [-0.39, 0.29) is 18.2 Å². The third-order valence-electron chi connectivity index (χ3n) is 8.25. The van der Waals surface area contributed by atoms with Gasteiger partial charge in [-0.15, -0.1) is 0 Å². The Morgan fingerprint density at radius 1 is 1.00 bits per heavy atom. The van der Waals surface area contributed by atoms with Gasteiger partial charge >= 0.3 is 0 Å². The average Bonchev–Trinajstić information content (AvgIpc) is 3.11. The van der Waals surface area contributed by atoms with Gasteiger partial charge in [-0.2, -0.15) is 0 Å². The van der Waals surface area contributed by atoms with Crippen LogP contribution in [0.5, 0.6) is 0 Å². The van der Waals surface area contributed by atoms with E-state index < -0.39 is 13.9 Å². The maximum Gasteiger partial charge on any atom is 0.163 e. The minimum atomic E-state index is -1.97. The molecule has 0 bridgehead atoms. The molecular weight excluding hydrogens is 390 g/mol. The molecule has 0 radical (unpaired) electrons. The zero-order chi connectivity index (χ0) is 21.6. The molecule has 2 aromatic heterocycles. The number of imidazole rings is 1. The third kappa shape index (κ3) is 2.66. The standard InChI is InChI=1S/C24H37N3O2Si/c1-13(2)30(14(3)4,15(5)6)23-26-18-10-9-11-25-22(18)27(23)19-16-12-17(16)20-21(19)29-24(7,8)28-20/h9-11,13-17,19-21H,12H2,1-8H3/t16-,17+,19+,20+,21-/m0/s1. The fraction of sp³-hybridized carbons (Fsp3) is 0.750. The highest BCUT2D eigenvalue weighted by molar-refractivity contribution is 6.94. The van der Waals surface area contributed by atoms with Crippen LogP contribution in [0.15, 0.2) is 18.3 Å². The summed E-state index contributed by atoms with van der Waals surface area (Å²) in [5.41, 5.74) is 5.19. The molecule has 0 amide bonds. The van der Waals surface area contributed by atoms with Crippen molar-refractivity contribution in [3.05, 3.63) is 18.3 Å². The molecule has 5 nitrogen and oxygen atoms in total. The van der Waals surface area contributed by atoms with Gasteiger partial charge in [0.2, 0.25) is 0 Å². The van der Waals surface area contributed by atoms with Crippen molar-refractivity contribution < 1.29 is 9.47 Å². The minimum Gasteiger partial charge on any atom is -0.344 e. The SMILES string of the molecule is CC(C)[Si](c1nc2cccnc2n1[C@@H]1[C@H]2C[C@H]2[C@H]2OC(C)(C)O[C@H]21)(C(C)C)C(C)C. The van der Waals surface area contributed by atoms with Crippen LogP contribution in [0.1, 0.15) is 67.9 Å². The van der Waals surface area contributed by atoms with Crippen molar-refractivity contribution in [3.63, 3.8) is 0 Å². The lowest BCUT2D eigenvalue weighted by Gasteiger charge is -2.43. The lowest BCUT2D eigenvalue weighted by Crippen LogP contribution is -2.60. The van der Waals surface area contributed by atoms with Gasteiger partial charge in [-0.05, 0) is 60.9 Å². The molecule has 3 fully saturated rings. The van der Waals surface area contributed by atoms with Gasteiger partial charge in [0.1, 0.15) is 19.7 Å². The Balaban J connectivity index is 1.75. The number of pyridine rings is 1. The van der Waals surface area contributed by atoms with E-state index in [2.05, 4.69) is 66.0 Å². The number of hydrogen-bond donors (Lipinski definition) is 0. The molecule has 1 saturated heterocycles. The molecule has 164 valence electrons. The maximum absolute atomic E-state index is 6.52. The summed E-state index contributed by atoms with van der Waals surface area (Å²) in [4.78, 5) is 10.2. The van der Waals surface area contributed by atoms with Gasteiger partial charge in [-0.1, -0.05) is 41.5 Å². The predicted octanol–water partition coefficient (Wildman–Crippen LogP) is 5.03. The van der Waals surface area contributed by atoms with Crippen molar-refractivity contribution in [1.82, 2.24) is 14.5 Å². The van der Waals surface area contributed by atoms with E-state index >= 15 is 0 Å². The molecule has 0 aromatic carbocycles. The monoisotopic (exact) mass is 427 g/mol. The maximum atomic E-state index is 6.52. The fourth-order valence-electron chi connectivity index (χ4n) is 7.29. The summed E-state index contributed by atoms with van der Waals surface area (Å²) in [7, 11) is -1.97. The summed E-state index contributed by atoms with van der Waals surface area (Å²) in [6.07, 6.45) is 3.45. The Bertz CT molecular complexity index is 945. The first-order valence-electron chi connectivity index (χ1n) is 11.8. The molecule has 2 aliphatic carbocycles.